The van der Waals surface area contributed by atoms with Gasteiger partial charge < -0.3 is 4.74 Å². The summed E-state index contributed by atoms with van der Waals surface area (Å²) in [7, 11) is 0. The van der Waals surface area contributed by atoms with E-state index in [2.05, 4.69) is 0 Å². The van der Waals surface area contributed by atoms with Crippen LogP contribution in [0, 0.1) is 0 Å². The van der Waals surface area contributed by atoms with Crippen molar-refractivity contribution in [2.75, 3.05) is 0 Å². The average molecular weight is 155 g/mol. The van der Waals surface area contributed by atoms with Crippen molar-refractivity contribution in [3.63, 3.8) is 0 Å². The molecule has 2 heteroatoms. The van der Waals surface area contributed by atoms with Crippen LogP contribution >= 0.6 is 0 Å². The number of hydrogen-bond acceptors (Lipinski definition) is 1. The Bertz CT molecular complexity index is 134. The third kappa shape index (κ3) is 1.57. The zero-order valence-electron chi connectivity index (χ0n) is 6.84. The largest absolute Gasteiger partial charge is 0.344 e. The Morgan fingerprint density at radius 1 is 1.09 bits per heavy atom. The number of rotatable bonds is 2. The standard InChI is InChI=1S/C9H15O2/c10-9(6-3-7-9)11-8-4-1-2-5-8/h8H,1-7H2. The molecule has 2 saturated carbocycles. The third-order valence-electron chi connectivity index (χ3n) is 2.80. The summed E-state index contributed by atoms with van der Waals surface area (Å²) in [5.74, 6) is -0.963. The molecule has 0 N–H and O–H groups in total. The summed E-state index contributed by atoms with van der Waals surface area (Å²) >= 11 is 0. The maximum Gasteiger partial charge on any atom is 0.201 e. The third-order valence-corrected chi connectivity index (χ3v) is 2.80. The van der Waals surface area contributed by atoms with Crippen LogP contribution < -0.4 is 0 Å². The smallest absolute Gasteiger partial charge is 0.201 e. The van der Waals surface area contributed by atoms with Crippen LogP contribution in [0.1, 0.15) is 44.9 Å². The van der Waals surface area contributed by atoms with Gasteiger partial charge in [0.25, 0.3) is 0 Å². The Kier molecular flexibility index (Phi) is 1.90. The predicted molar refractivity (Wildman–Crippen MR) is 40.6 cm³/mol. The molecule has 2 aliphatic rings. The first kappa shape index (κ1) is 7.56. The molecule has 2 aliphatic carbocycles. The fraction of sp³-hybridized carbons (Fsp3) is 1.00. The van der Waals surface area contributed by atoms with Crippen molar-refractivity contribution in [3.8, 4) is 0 Å². The molecule has 0 saturated heterocycles. The molecule has 0 heterocycles. The van der Waals surface area contributed by atoms with E-state index in [1.54, 1.807) is 0 Å². The molecule has 0 bridgehead atoms. The molecule has 0 unspecified atom stereocenters. The maximum atomic E-state index is 11.5. The maximum absolute atomic E-state index is 11.5. The Hall–Kier alpha value is -0.0800. The van der Waals surface area contributed by atoms with E-state index in [9.17, 15) is 5.11 Å². The van der Waals surface area contributed by atoms with E-state index < -0.39 is 5.79 Å². The van der Waals surface area contributed by atoms with Crippen molar-refractivity contribution >= 4 is 0 Å². The van der Waals surface area contributed by atoms with Gasteiger partial charge in [0.15, 0.2) is 0 Å². The zero-order valence-corrected chi connectivity index (χ0v) is 6.84. The SMILES string of the molecule is [O]C1(OC2CCCC2)CCC1. The van der Waals surface area contributed by atoms with Crippen LogP contribution in [0.2, 0.25) is 0 Å². The summed E-state index contributed by atoms with van der Waals surface area (Å²) in [6.45, 7) is 0. The Labute approximate surface area is 67.6 Å². The zero-order chi connectivity index (χ0) is 7.73. The van der Waals surface area contributed by atoms with E-state index in [4.69, 9.17) is 4.74 Å². The number of ether oxygens (including phenoxy) is 1. The fourth-order valence-corrected chi connectivity index (χ4v) is 1.89. The van der Waals surface area contributed by atoms with E-state index in [1.807, 2.05) is 0 Å². The van der Waals surface area contributed by atoms with Gasteiger partial charge in [-0.15, -0.1) is 0 Å². The molecule has 2 nitrogen and oxygen atoms in total. The van der Waals surface area contributed by atoms with Crippen LogP contribution in [-0.2, 0) is 9.84 Å². The lowest BCUT2D eigenvalue weighted by Gasteiger charge is -2.36. The van der Waals surface area contributed by atoms with Crippen LogP contribution in [0.15, 0.2) is 0 Å². The first-order valence-electron chi connectivity index (χ1n) is 4.67. The first-order valence-corrected chi connectivity index (χ1v) is 4.67. The lowest BCUT2D eigenvalue weighted by atomic mass is 9.91. The normalized spacial score (nSPS) is 30.3. The summed E-state index contributed by atoms with van der Waals surface area (Å²) in [6.07, 6.45) is 7.58. The molecule has 0 atom stereocenters. The summed E-state index contributed by atoms with van der Waals surface area (Å²) in [5, 5.41) is 11.5. The highest BCUT2D eigenvalue weighted by Crippen LogP contribution is 2.37. The first-order chi connectivity index (χ1) is 5.29. The van der Waals surface area contributed by atoms with Crippen LogP contribution in [-0.4, -0.2) is 11.9 Å². The van der Waals surface area contributed by atoms with Gasteiger partial charge in [0.05, 0.1) is 6.10 Å². The second kappa shape index (κ2) is 2.76. The molecular weight excluding hydrogens is 140 g/mol. The quantitative estimate of drug-likeness (QED) is 0.562. The lowest BCUT2D eigenvalue weighted by Crippen LogP contribution is -2.41. The van der Waals surface area contributed by atoms with E-state index in [1.165, 1.54) is 12.8 Å². The van der Waals surface area contributed by atoms with Gasteiger partial charge in [-0.2, -0.15) is 5.11 Å². The van der Waals surface area contributed by atoms with E-state index in [0.717, 1.165) is 32.1 Å². The molecule has 2 rings (SSSR count). The summed E-state index contributed by atoms with van der Waals surface area (Å²) in [4.78, 5) is 0. The minimum Gasteiger partial charge on any atom is -0.344 e. The Morgan fingerprint density at radius 2 is 1.73 bits per heavy atom. The molecule has 0 aromatic heterocycles. The van der Waals surface area contributed by atoms with Crippen LogP contribution in [0.25, 0.3) is 0 Å². The van der Waals surface area contributed by atoms with Crippen LogP contribution in [0.3, 0.4) is 0 Å². The topological polar surface area (TPSA) is 29.1 Å². The van der Waals surface area contributed by atoms with Crippen LogP contribution in [0.5, 0.6) is 0 Å². The second-order valence-corrected chi connectivity index (χ2v) is 3.79. The lowest BCUT2D eigenvalue weighted by molar-refractivity contribution is -0.300. The molecule has 2 fully saturated rings. The van der Waals surface area contributed by atoms with Gasteiger partial charge in [-0.05, 0) is 19.3 Å². The molecule has 0 aliphatic heterocycles. The van der Waals surface area contributed by atoms with Crippen molar-refractivity contribution < 1.29 is 9.84 Å². The van der Waals surface area contributed by atoms with E-state index >= 15 is 0 Å². The van der Waals surface area contributed by atoms with E-state index in [-0.39, 0.29) is 0 Å². The van der Waals surface area contributed by atoms with Crippen molar-refractivity contribution in [1.29, 1.82) is 0 Å². The van der Waals surface area contributed by atoms with E-state index in [0.29, 0.717) is 6.10 Å². The molecule has 0 aromatic carbocycles. The molecule has 63 valence electrons. The summed E-state index contributed by atoms with van der Waals surface area (Å²) in [5.41, 5.74) is 0. The molecule has 0 amide bonds. The minimum atomic E-state index is -0.963. The van der Waals surface area contributed by atoms with Gasteiger partial charge >= 0.3 is 0 Å². The van der Waals surface area contributed by atoms with Crippen molar-refractivity contribution in [2.45, 2.75) is 56.8 Å². The van der Waals surface area contributed by atoms with Crippen molar-refractivity contribution in [2.24, 2.45) is 0 Å². The molecule has 1 radical (unpaired) electrons. The molecular formula is C9H15O2. The van der Waals surface area contributed by atoms with Gasteiger partial charge in [-0.25, -0.2) is 0 Å². The molecule has 0 spiro atoms. The van der Waals surface area contributed by atoms with Crippen molar-refractivity contribution in [3.05, 3.63) is 0 Å². The molecule has 11 heavy (non-hydrogen) atoms. The predicted octanol–water partition coefficient (Wildman–Crippen LogP) is 2.26. The highest BCUT2D eigenvalue weighted by Gasteiger charge is 2.40. The summed E-state index contributed by atoms with van der Waals surface area (Å²) < 4.78 is 5.48. The van der Waals surface area contributed by atoms with Crippen molar-refractivity contribution in [1.82, 2.24) is 0 Å². The number of hydrogen-bond donors (Lipinski definition) is 0. The Balaban J connectivity index is 1.79. The Morgan fingerprint density at radius 3 is 2.18 bits per heavy atom. The van der Waals surface area contributed by atoms with Gasteiger partial charge in [-0.3, -0.25) is 0 Å². The highest BCUT2D eigenvalue weighted by molar-refractivity contribution is 4.80. The highest BCUT2D eigenvalue weighted by atomic mass is 16.6. The van der Waals surface area contributed by atoms with Gasteiger partial charge in [-0.1, -0.05) is 12.8 Å². The fourth-order valence-electron chi connectivity index (χ4n) is 1.89. The monoisotopic (exact) mass is 155 g/mol. The molecule has 0 aromatic rings. The second-order valence-electron chi connectivity index (χ2n) is 3.79. The summed E-state index contributed by atoms with van der Waals surface area (Å²) in [6, 6.07) is 0. The average Bonchev–Trinajstić information content (AvgIpc) is 2.36. The van der Waals surface area contributed by atoms with Crippen LogP contribution in [0.4, 0.5) is 0 Å². The van der Waals surface area contributed by atoms with Gasteiger partial charge in [0.1, 0.15) is 0 Å². The van der Waals surface area contributed by atoms with Gasteiger partial charge in [0, 0.05) is 12.8 Å². The minimum absolute atomic E-state index is 0.299. The van der Waals surface area contributed by atoms with Gasteiger partial charge in [0.2, 0.25) is 5.79 Å².